The summed E-state index contributed by atoms with van der Waals surface area (Å²) in [6, 6.07) is 9.78. The van der Waals surface area contributed by atoms with Gasteiger partial charge in [0.05, 0.1) is 23.6 Å². The predicted molar refractivity (Wildman–Crippen MR) is 105 cm³/mol. The lowest BCUT2D eigenvalue weighted by Gasteiger charge is -2.19. The van der Waals surface area contributed by atoms with Gasteiger partial charge in [0.1, 0.15) is 5.82 Å². The molecular formula is C17H19ClN4OS2. The van der Waals surface area contributed by atoms with Crippen LogP contribution in [0.5, 0.6) is 0 Å². The van der Waals surface area contributed by atoms with E-state index in [-0.39, 0.29) is 5.91 Å². The highest BCUT2D eigenvalue weighted by atomic mass is 35.5. The Morgan fingerprint density at radius 2 is 2.20 bits per heavy atom. The van der Waals surface area contributed by atoms with E-state index in [1.807, 2.05) is 36.6 Å². The van der Waals surface area contributed by atoms with E-state index in [4.69, 9.17) is 11.6 Å². The minimum atomic E-state index is -0.0440. The summed E-state index contributed by atoms with van der Waals surface area (Å²) in [5, 5.41) is 9.29. The predicted octanol–water partition coefficient (Wildman–Crippen LogP) is 4.17. The van der Waals surface area contributed by atoms with Gasteiger partial charge in [-0.05, 0) is 30.1 Å². The molecule has 3 aromatic rings. The normalized spacial score (nSPS) is 11.2. The first-order valence-electron chi connectivity index (χ1n) is 7.94. The second-order valence-electron chi connectivity index (χ2n) is 5.51. The topological polar surface area (TPSA) is 50.2 Å². The van der Waals surface area contributed by atoms with E-state index < -0.39 is 0 Å². The Kier molecular flexibility index (Phi) is 6.25. The molecule has 5 nitrogen and oxygen atoms in total. The summed E-state index contributed by atoms with van der Waals surface area (Å²) < 4.78 is 2.58. The number of likely N-dealkylation sites (N-methyl/N-ethyl adjacent to an activating group) is 1. The van der Waals surface area contributed by atoms with Gasteiger partial charge in [-0.25, -0.2) is 4.68 Å². The van der Waals surface area contributed by atoms with Crippen molar-refractivity contribution in [3.8, 4) is 0 Å². The molecule has 3 aromatic heterocycles. The molecule has 0 bridgehead atoms. The van der Waals surface area contributed by atoms with Crippen molar-refractivity contribution in [2.45, 2.75) is 20.0 Å². The highest BCUT2D eigenvalue weighted by Gasteiger charge is 2.13. The minimum absolute atomic E-state index is 0.0440. The van der Waals surface area contributed by atoms with Crippen molar-refractivity contribution in [3.63, 3.8) is 0 Å². The second-order valence-corrected chi connectivity index (χ2v) is 8.34. The summed E-state index contributed by atoms with van der Waals surface area (Å²) in [7, 11) is 0. The third kappa shape index (κ3) is 5.15. The molecule has 3 heterocycles. The summed E-state index contributed by atoms with van der Waals surface area (Å²) in [5.41, 5.74) is 0. The third-order valence-corrected chi connectivity index (χ3v) is 5.77. The average Bonchev–Trinajstić information content (AvgIpc) is 3.32. The van der Waals surface area contributed by atoms with Crippen LogP contribution >= 0.6 is 34.3 Å². The quantitative estimate of drug-likeness (QED) is 0.623. The molecule has 0 atom stereocenters. The first kappa shape index (κ1) is 18.1. The number of aromatic nitrogens is 2. The van der Waals surface area contributed by atoms with E-state index >= 15 is 0 Å². The van der Waals surface area contributed by atoms with Crippen molar-refractivity contribution in [2.24, 2.45) is 0 Å². The molecule has 1 amide bonds. The molecule has 8 heteroatoms. The third-order valence-electron chi connectivity index (χ3n) is 3.69. The van der Waals surface area contributed by atoms with Crippen LogP contribution in [0.4, 0.5) is 5.82 Å². The molecule has 0 spiro atoms. The molecule has 132 valence electrons. The van der Waals surface area contributed by atoms with E-state index in [9.17, 15) is 4.79 Å². The molecule has 3 rings (SSSR count). The van der Waals surface area contributed by atoms with Gasteiger partial charge in [-0.15, -0.1) is 22.7 Å². The molecule has 0 aliphatic rings. The standard InChI is InChI=1S/C17H19ClN4OS2/c1-2-21(10-14-5-6-15(18)25-14)12-17(23)20-16-7-8-19-22(16)11-13-4-3-9-24-13/h3-9H,2,10-12H2,1H3,(H,20,23). The van der Waals surface area contributed by atoms with Gasteiger partial charge < -0.3 is 5.32 Å². The Morgan fingerprint density at radius 1 is 1.32 bits per heavy atom. The molecular weight excluding hydrogens is 376 g/mol. The summed E-state index contributed by atoms with van der Waals surface area (Å²) in [6.45, 7) is 4.54. The van der Waals surface area contributed by atoms with Gasteiger partial charge in [-0.3, -0.25) is 9.69 Å². The zero-order valence-corrected chi connectivity index (χ0v) is 16.2. The van der Waals surface area contributed by atoms with E-state index in [1.54, 1.807) is 33.6 Å². The highest BCUT2D eigenvalue weighted by Crippen LogP contribution is 2.22. The molecule has 0 saturated heterocycles. The zero-order valence-electron chi connectivity index (χ0n) is 13.8. The Labute approximate surface area is 159 Å². The van der Waals surface area contributed by atoms with Gasteiger partial charge in [0.25, 0.3) is 0 Å². The monoisotopic (exact) mass is 394 g/mol. The summed E-state index contributed by atoms with van der Waals surface area (Å²) in [5.74, 6) is 0.672. The number of carbonyl (C=O) groups excluding carboxylic acids is 1. The summed E-state index contributed by atoms with van der Waals surface area (Å²) in [6.07, 6.45) is 1.70. The molecule has 1 N–H and O–H groups in total. The fraction of sp³-hybridized carbons (Fsp3) is 0.294. The number of hydrogen-bond acceptors (Lipinski definition) is 5. The Bertz CT molecular complexity index is 812. The van der Waals surface area contributed by atoms with Gasteiger partial charge in [0, 0.05) is 22.4 Å². The van der Waals surface area contributed by atoms with Gasteiger partial charge in [-0.1, -0.05) is 24.6 Å². The van der Waals surface area contributed by atoms with Crippen LogP contribution in [0.15, 0.2) is 41.9 Å². The van der Waals surface area contributed by atoms with Crippen LogP contribution < -0.4 is 5.32 Å². The van der Waals surface area contributed by atoms with Crippen LogP contribution in [0.3, 0.4) is 0 Å². The Hall–Kier alpha value is -1.67. The van der Waals surface area contributed by atoms with E-state index in [0.717, 1.165) is 22.3 Å². The van der Waals surface area contributed by atoms with Crippen LogP contribution in [0, 0.1) is 0 Å². The van der Waals surface area contributed by atoms with Crippen molar-refractivity contribution < 1.29 is 4.79 Å². The van der Waals surface area contributed by atoms with Crippen LogP contribution in [0.2, 0.25) is 4.34 Å². The van der Waals surface area contributed by atoms with Gasteiger partial charge in [0.15, 0.2) is 0 Å². The second kappa shape index (κ2) is 8.62. The number of halogens is 1. The number of nitrogens with one attached hydrogen (secondary N) is 1. The maximum absolute atomic E-state index is 12.4. The van der Waals surface area contributed by atoms with E-state index in [0.29, 0.717) is 18.9 Å². The van der Waals surface area contributed by atoms with Crippen LogP contribution in [-0.2, 0) is 17.9 Å². The van der Waals surface area contributed by atoms with Gasteiger partial charge >= 0.3 is 0 Å². The summed E-state index contributed by atoms with van der Waals surface area (Å²) >= 11 is 9.20. The van der Waals surface area contributed by atoms with Crippen molar-refractivity contribution in [1.82, 2.24) is 14.7 Å². The minimum Gasteiger partial charge on any atom is -0.310 e. The van der Waals surface area contributed by atoms with Gasteiger partial charge in [-0.2, -0.15) is 5.10 Å². The van der Waals surface area contributed by atoms with Crippen molar-refractivity contribution >= 4 is 46.0 Å². The van der Waals surface area contributed by atoms with E-state index in [2.05, 4.69) is 21.4 Å². The SMILES string of the molecule is CCN(CC(=O)Nc1ccnn1Cc1cccs1)Cc1ccc(Cl)s1. The molecule has 0 saturated carbocycles. The number of rotatable bonds is 8. The molecule has 0 unspecified atom stereocenters. The summed E-state index contributed by atoms with van der Waals surface area (Å²) in [4.78, 5) is 16.8. The maximum atomic E-state index is 12.4. The lowest BCUT2D eigenvalue weighted by atomic mass is 10.4. The number of carbonyl (C=O) groups is 1. The molecule has 25 heavy (non-hydrogen) atoms. The fourth-order valence-corrected chi connectivity index (χ4v) is 4.25. The van der Waals surface area contributed by atoms with Crippen molar-refractivity contribution in [3.05, 3.63) is 56.0 Å². The number of anilines is 1. The highest BCUT2D eigenvalue weighted by molar-refractivity contribution is 7.16. The molecule has 0 aliphatic heterocycles. The largest absolute Gasteiger partial charge is 0.310 e. The Balaban J connectivity index is 1.57. The van der Waals surface area contributed by atoms with Crippen LogP contribution in [-0.4, -0.2) is 33.7 Å². The van der Waals surface area contributed by atoms with Crippen molar-refractivity contribution in [1.29, 1.82) is 0 Å². The number of thiophene rings is 2. The lowest BCUT2D eigenvalue weighted by molar-refractivity contribution is -0.117. The van der Waals surface area contributed by atoms with Gasteiger partial charge in [0.2, 0.25) is 5.91 Å². The van der Waals surface area contributed by atoms with E-state index in [1.165, 1.54) is 4.88 Å². The molecule has 0 aromatic carbocycles. The number of amides is 1. The maximum Gasteiger partial charge on any atom is 0.239 e. The lowest BCUT2D eigenvalue weighted by Crippen LogP contribution is -2.33. The number of hydrogen-bond donors (Lipinski definition) is 1. The number of nitrogens with zero attached hydrogens (tertiary/aromatic N) is 3. The fourth-order valence-electron chi connectivity index (χ4n) is 2.44. The molecule has 0 aliphatic carbocycles. The Morgan fingerprint density at radius 3 is 2.88 bits per heavy atom. The first-order valence-corrected chi connectivity index (χ1v) is 10.0. The average molecular weight is 395 g/mol. The van der Waals surface area contributed by atoms with Crippen LogP contribution in [0.1, 0.15) is 16.7 Å². The first-order chi connectivity index (χ1) is 12.1. The molecule has 0 fully saturated rings. The molecule has 0 radical (unpaired) electrons. The van der Waals surface area contributed by atoms with Crippen molar-refractivity contribution in [2.75, 3.05) is 18.4 Å². The van der Waals surface area contributed by atoms with Crippen LogP contribution in [0.25, 0.3) is 0 Å². The zero-order chi connectivity index (χ0) is 17.6. The smallest absolute Gasteiger partial charge is 0.239 e.